The summed E-state index contributed by atoms with van der Waals surface area (Å²) in [6, 6.07) is 15.9. The lowest BCUT2D eigenvalue weighted by molar-refractivity contribution is -0.270. The van der Waals surface area contributed by atoms with E-state index in [4.69, 9.17) is 26.8 Å². The van der Waals surface area contributed by atoms with Crippen molar-refractivity contribution in [1.82, 2.24) is 4.98 Å². The van der Waals surface area contributed by atoms with Crippen molar-refractivity contribution in [2.75, 3.05) is 23.1 Å². The van der Waals surface area contributed by atoms with E-state index in [0.29, 0.717) is 29.0 Å². The second-order valence-corrected chi connectivity index (χ2v) is 10.3. The number of halogens is 1. The topological polar surface area (TPSA) is 179 Å². The molecular weight excluding hydrogens is 542 g/mol. The highest BCUT2D eigenvalue weighted by Gasteiger charge is 2.48. The molecule has 2 aliphatic heterocycles. The van der Waals surface area contributed by atoms with Gasteiger partial charge in [0.2, 0.25) is 6.29 Å². The van der Waals surface area contributed by atoms with Gasteiger partial charge < -0.3 is 45.5 Å². The molecule has 3 heterocycles. The van der Waals surface area contributed by atoms with Gasteiger partial charge in [-0.3, -0.25) is 4.79 Å². The summed E-state index contributed by atoms with van der Waals surface area (Å²) in [5, 5.41) is 42.4. The maximum atomic E-state index is 13.8. The van der Waals surface area contributed by atoms with Gasteiger partial charge in [-0.05, 0) is 35.2 Å². The molecule has 7 N–H and O–H groups in total. The SMILES string of the molecule is Nc1ccc2[nH]c(C(=O)N3CC(CCl)c4c3cc(OC3OC(C(=O)O)C(O)C(O)C3O)c3ccccc43)cc2c1. The minimum atomic E-state index is -1.85. The monoisotopic (exact) mass is 567 g/mol. The zero-order chi connectivity index (χ0) is 28.3. The number of anilines is 2. The maximum Gasteiger partial charge on any atom is 0.335 e. The molecule has 0 spiro atoms. The average molecular weight is 568 g/mol. The number of hydrogen-bond acceptors (Lipinski definition) is 8. The van der Waals surface area contributed by atoms with E-state index >= 15 is 0 Å². The lowest BCUT2D eigenvalue weighted by Crippen LogP contribution is -2.61. The van der Waals surface area contributed by atoms with Crippen LogP contribution < -0.4 is 15.4 Å². The number of aliphatic carboxylic acids is 1. The molecule has 1 fully saturated rings. The van der Waals surface area contributed by atoms with E-state index in [1.807, 2.05) is 12.1 Å². The number of nitrogen functional groups attached to an aromatic ring is 1. The number of aliphatic hydroxyl groups excluding tert-OH is 3. The van der Waals surface area contributed by atoms with Crippen molar-refractivity contribution in [3.63, 3.8) is 0 Å². The van der Waals surface area contributed by atoms with Gasteiger partial charge in [0, 0.05) is 46.4 Å². The highest BCUT2D eigenvalue weighted by molar-refractivity contribution is 6.19. The third kappa shape index (κ3) is 4.23. The number of carbonyl (C=O) groups excluding carboxylic acids is 1. The van der Waals surface area contributed by atoms with E-state index in [-0.39, 0.29) is 23.5 Å². The largest absolute Gasteiger partial charge is 0.479 e. The molecule has 3 aromatic carbocycles. The number of aromatic nitrogens is 1. The number of rotatable bonds is 5. The molecule has 2 aliphatic rings. The number of carboxylic acid groups (broad SMARTS) is 1. The van der Waals surface area contributed by atoms with Crippen LogP contribution in [0.3, 0.4) is 0 Å². The molecule has 6 atom stereocenters. The first-order valence-electron chi connectivity index (χ1n) is 12.6. The van der Waals surface area contributed by atoms with Crippen molar-refractivity contribution in [2.45, 2.75) is 36.6 Å². The number of aliphatic hydroxyl groups is 3. The van der Waals surface area contributed by atoms with Crippen LogP contribution >= 0.6 is 11.6 Å². The van der Waals surface area contributed by atoms with Gasteiger partial charge in [0.15, 0.2) is 6.10 Å². The van der Waals surface area contributed by atoms with Crippen LogP contribution in [-0.4, -0.2) is 80.4 Å². The number of nitrogens with zero attached hydrogens (tertiary/aromatic N) is 1. The van der Waals surface area contributed by atoms with E-state index in [1.165, 1.54) is 0 Å². The first kappa shape index (κ1) is 26.4. The fraction of sp³-hybridized carbons (Fsp3) is 0.286. The van der Waals surface area contributed by atoms with Gasteiger partial charge in [-0.2, -0.15) is 0 Å². The van der Waals surface area contributed by atoms with Crippen molar-refractivity contribution < 1.29 is 39.5 Å². The van der Waals surface area contributed by atoms with Crippen molar-refractivity contribution >= 4 is 56.5 Å². The summed E-state index contributed by atoms with van der Waals surface area (Å²) in [5.74, 6) is -1.58. The fourth-order valence-corrected chi connectivity index (χ4v) is 5.77. The van der Waals surface area contributed by atoms with Crippen molar-refractivity contribution in [2.24, 2.45) is 0 Å². The third-order valence-corrected chi connectivity index (χ3v) is 7.86. The number of nitrogens with one attached hydrogen (secondary N) is 1. The number of benzene rings is 3. The minimum absolute atomic E-state index is 0.184. The molecular formula is C28H26ClN3O8. The van der Waals surface area contributed by atoms with Gasteiger partial charge in [0.05, 0.1) is 5.69 Å². The van der Waals surface area contributed by atoms with E-state index in [9.17, 15) is 30.0 Å². The van der Waals surface area contributed by atoms with Crippen LogP contribution in [0.5, 0.6) is 5.75 Å². The lowest BCUT2D eigenvalue weighted by Gasteiger charge is -2.38. The molecule has 1 amide bonds. The molecule has 4 aromatic rings. The maximum absolute atomic E-state index is 13.8. The highest BCUT2D eigenvalue weighted by Crippen LogP contribution is 2.46. The predicted octanol–water partition coefficient (Wildman–Crippen LogP) is 2.16. The Morgan fingerprint density at radius 3 is 2.52 bits per heavy atom. The first-order valence-corrected chi connectivity index (χ1v) is 13.1. The second-order valence-electron chi connectivity index (χ2n) is 10.0. The second kappa shape index (κ2) is 9.95. The summed E-state index contributed by atoms with van der Waals surface area (Å²) >= 11 is 6.37. The van der Waals surface area contributed by atoms with Crippen LogP contribution in [0.4, 0.5) is 11.4 Å². The summed E-state index contributed by atoms with van der Waals surface area (Å²) in [6.45, 7) is 0.303. The molecule has 6 rings (SSSR count). The van der Waals surface area contributed by atoms with E-state index in [1.54, 1.807) is 47.4 Å². The van der Waals surface area contributed by atoms with Crippen LogP contribution in [0.15, 0.2) is 54.6 Å². The van der Waals surface area contributed by atoms with Crippen molar-refractivity contribution in [3.8, 4) is 5.75 Å². The van der Waals surface area contributed by atoms with Crippen molar-refractivity contribution in [1.29, 1.82) is 0 Å². The summed E-state index contributed by atoms with van der Waals surface area (Å²) in [5.41, 5.74) is 8.95. The number of hydrogen-bond donors (Lipinski definition) is 6. The van der Waals surface area contributed by atoms with Crippen LogP contribution in [-0.2, 0) is 9.53 Å². The Kier molecular flexibility index (Phi) is 6.56. The zero-order valence-corrected chi connectivity index (χ0v) is 21.7. The van der Waals surface area contributed by atoms with Crippen LogP contribution in [0.2, 0.25) is 0 Å². The number of alkyl halides is 1. The summed E-state index contributed by atoms with van der Waals surface area (Å²) in [7, 11) is 0. The Morgan fingerprint density at radius 2 is 1.80 bits per heavy atom. The number of amides is 1. The molecule has 1 saturated heterocycles. The summed E-state index contributed by atoms with van der Waals surface area (Å²) in [6.07, 6.45) is -8.86. The molecule has 0 radical (unpaired) electrons. The Bertz CT molecular complexity index is 1640. The number of nitrogens with two attached hydrogens (primary N) is 1. The van der Waals surface area contributed by atoms with Gasteiger partial charge in [-0.25, -0.2) is 4.79 Å². The van der Waals surface area contributed by atoms with Crippen LogP contribution in [0, 0.1) is 0 Å². The van der Waals surface area contributed by atoms with E-state index < -0.39 is 36.7 Å². The standard InChI is InChI=1S/C28H26ClN3O8/c29-10-13-11-32(26(36)18-8-12-7-14(30)5-6-17(12)31-18)19-9-20(15-3-1-2-4-16(15)21(13)19)39-28-24(35)22(33)23(34)25(40-28)27(37)38/h1-9,13,22-25,28,31,33-35H,10-11,30H2,(H,37,38). The number of aromatic amines is 1. The molecule has 0 bridgehead atoms. The number of carbonyl (C=O) groups is 2. The number of carboxylic acids is 1. The predicted molar refractivity (Wildman–Crippen MR) is 147 cm³/mol. The minimum Gasteiger partial charge on any atom is -0.479 e. The molecule has 6 unspecified atom stereocenters. The molecule has 40 heavy (non-hydrogen) atoms. The molecule has 11 nitrogen and oxygen atoms in total. The smallest absolute Gasteiger partial charge is 0.335 e. The fourth-order valence-electron chi connectivity index (χ4n) is 5.51. The molecule has 208 valence electrons. The zero-order valence-electron chi connectivity index (χ0n) is 20.9. The number of fused-ring (bicyclic) bond motifs is 4. The first-order chi connectivity index (χ1) is 19.2. The molecule has 0 aliphatic carbocycles. The van der Waals surface area contributed by atoms with E-state index in [0.717, 1.165) is 21.9 Å². The molecule has 0 saturated carbocycles. The van der Waals surface area contributed by atoms with Gasteiger partial charge in [0.1, 0.15) is 29.8 Å². The average Bonchev–Trinajstić information content (AvgIpc) is 3.54. The molecule has 1 aromatic heterocycles. The summed E-state index contributed by atoms with van der Waals surface area (Å²) in [4.78, 5) is 30.1. The van der Waals surface area contributed by atoms with E-state index in [2.05, 4.69) is 4.98 Å². The summed E-state index contributed by atoms with van der Waals surface area (Å²) < 4.78 is 11.3. The van der Waals surface area contributed by atoms with Gasteiger partial charge in [0.25, 0.3) is 5.91 Å². The molecule has 12 heteroatoms. The van der Waals surface area contributed by atoms with Gasteiger partial charge >= 0.3 is 5.97 Å². The Morgan fingerprint density at radius 1 is 1.05 bits per heavy atom. The van der Waals surface area contributed by atoms with Crippen LogP contribution in [0.25, 0.3) is 21.7 Å². The Labute approximate surface area is 232 Å². The van der Waals surface area contributed by atoms with Gasteiger partial charge in [-0.1, -0.05) is 24.3 Å². The number of ether oxygens (including phenoxy) is 2. The Hall–Kier alpha value is -3.87. The van der Waals surface area contributed by atoms with Crippen molar-refractivity contribution in [3.05, 3.63) is 65.9 Å². The normalized spacial score (nSPS) is 26.2. The quantitative estimate of drug-likeness (QED) is 0.156. The third-order valence-electron chi connectivity index (χ3n) is 7.49. The van der Waals surface area contributed by atoms with Gasteiger partial charge in [-0.15, -0.1) is 11.6 Å². The lowest BCUT2D eigenvalue weighted by atomic mass is 9.95. The Balaban J connectivity index is 1.43. The number of H-pyrrole nitrogens is 1. The highest BCUT2D eigenvalue weighted by atomic mass is 35.5. The van der Waals surface area contributed by atoms with Crippen LogP contribution in [0.1, 0.15) is 22.0 Å².